The lowest BCUT2D eigenvalue weighted by molar-refractivity contribution is 0.560. The zero-order valence-corrected chi connectivity index (χ0v) is 13.8. The maximum atomic E-state index is 12.2. The number of nitrogens with zero attached hydrogens (tertiary/aromatic N) is 2. The maximum Gasteiger partial charge on any atom is 0.243 e. The van der Waals surface area contributed by atoms with Crippen LogP contribution in [0.3, 0.4) is 0 Å². The molecule has 2 aromatic heterocycles. The molecule has 0 bridgehead atoms. The van der Waals surface area contributed by atoms with Crippen molar-refractivity contribution < 1.29 is 8.42 Å². The summed E-state index contributed by atoms with van der Waals surface area (Å²) >= 11 is 1.68. The summed E-state index contributed by atoms with van der Waals surface area (Å²) in [5.74, 6) is 0.385. The molecule has 0 fully saturated rings. The third kappa shape index (κ3) is 4.23. The van der Waals surface area contributed by atoms with E-state index >= 15 is 0 Å². The molecular formula is C13H18N4O2S2. The summed E-state index contributed by atoms with van der Waals surface area (Å²) in [6, 6.07) is 3.86. The first-order valence-corrected chi connectivity index (χ1v) is 8.78. The van der Waals surface area contributed by atoms with Gasteiger partial charge in [-0.25, -0.2) is 23.1 Å². The van der Waals surface area contributed by atoms with E-state index in [0.29, 0.717) is 12.4 Å². The summed E-state index contributed by atoms with van der Waals surface area (Å²) in [7, 11) is -1.92. The van der Waals surface area contributed by atoms with E-state index in [1.165, 1.54) is 17.3 Å². The number of hydrogen-bond donors (Lipinski definition) is 2. The third-order valence-electron chi connectivity index (χ3n) is 2.82. The van der Waals surface area contributed by atoms with Crippen LogP contribution in [0.4, 0.5) is 5.95 Å². The maximum absolute atomic E-state index is 12.2. The molecule has 0 radical (unpaired) electrons. The normalized spacial score (nSPS) is 13.1. The Labute approximate surface area is 128 Å². The first kappa shape index (κ1) is 15.9. The van der Waals surface area contributed by atoms with E-state index in [1.807, 2.05) is 26.0 Å². The highest BCUT2D eigenvalue weighted by Gasteiger charge is 2.19. The molecule has 6 nitrogen and oxygen atoms in total. The van der Waals surface area contributed by atoms with Gasteiger partial charge in [-0.1, -0.05) is 0 Å². The first-order chi connectivity index (χ1) is 9.90. The zero-order chi connectivity index (χ0) is 15.5. The van der Waals surface area contributed by atoms with Crippen LogP contribution in [0.25, 0.3) is 0 Å². The Hall–Kier alpha value is -1.51. The minimum absolute atomic E-state index is 0.0655. The summed E-state index contributed by atoms with van der Waals surface area (Å²) in [6.07, 6.45) is 3.25. The van der Waals surface area contributed by atoms with Gasteiger partial charge in [-0.2, -0.15) is 0 Å². The molecule has 2 N–H and O–H groups in total. The lowest BCUT2D eigenvalue weighted by Gasteiger charge is -2.13. The van der Waals surface area contributed by atoms with Gasteiger partial charge < -0.3 is 5.32 Å². The van der Waals surface area contributed by atoms with Crippen LogP contribution in [0.5, 0.6) is 0 Å². The molecule has 2 aromatic rings. The fraction of sp³-hybridized carbons (Fsp3) is 0.385. The highest BCUT2D eigenvalue weighted by molar-refractivity contribution is 7.89. The van der Waals surface area contributed by atoms with Crippen LogP contribution in [0.2, 0.25) is 0 Å². The molecule has 0 spiro atoms. The van der Waals surface area contributed by atoms with Crippen molar-refractivity contribution in [3.8, 4) is 0 Å². The van der Waals surface area contributed by atoms with E-state index in [2.05, 4.69) is 20.0 Å². The Morgan fingerprint density at radius 1 is 1.29 bits per heavy atom. The predicted octanol–water partition coefficient (Wildman–Crippen LogP) is 1.80. The van der Waals surface area contributed by atoms with E-state index in [4.69, 9.17) is 0 Å². The Bertz CT molecular complexity index is 695. The number of aryl methyl sites for hydroxylation is 1. The minimum Gasteiger partial charge on any atom is -0.357 e. The van der Waals surface area contributed by atoms with Gasteiger partial charge in [0.05, 0.1) is 12.4 Å². The number of hydrogen-bond acceptors (Lipinski definition) is 6. The van der Waals surface area contributed by atoms with E-state index in [-0.39, 0.29) is 10.9 Å². The molecular weight excluding hydrogens is 308 g/mol. The molecule has 0 saturated heterocycles. The van der Waals surface area contributed by atoms with Crippen molar-refractivity contribution in [3.05, 3.63) is 34.3 Å². The molecule has 1 atom stereocenters. The summed E-state index contributed by atoms with van der Waals surface area (Å²) in [5, 5.41) is 2.75. The number of sulfonamides is 1. The van der Waals surface area contributed by atoms with E-state index < -0.39 is 10.0 Å². The topological polar surface area (TPSA) is 84.0 Å². The molecule has 114 valence electrons. The molecule has 0 aliphatic rings. The highest BCUT2D eigenvalue weighted by Crippen LogP contribution is 2.17. The predicted molar refractivity (Wildman–Crippen MR) is 84.1 cm³/mol. The average Bonchev–Trinajstić information content (AvgIpc) is 2.83. The van der Waals surface area contributed by atoms with Crippen LogP contribution >= 0.6 is 11.3 Å². The van der Waals surface area contributed by atoms with Gasteiger partial charge in [0.2, 0.25) is 16.0 Å². The fourth-order valence-electron chi connectivity index (χ4n) is 1.86. The summed E-state index contributed by atoms with van der Waals surface area (Å²) in [5.41, 5.74) is 0. The average molecular weight is 326 g/mol. The van der Waals surface area contributed by atoms with Gasteiger partial charge in [-0.3, -0.25) is 0 Å². The highest BCUT2D eigenvalue weighted by atomic mass is 32.2. The zero-order valence-electron chi connectivity index (χ0n) is 12.1. The number of thiophene rings is 1. The number of anilines is 1. The van der Waals surface area contributed by atoms with Crippen molar-refractivity contribution in [2.24, 2.45) is 0 Å². The summed E-state index contributed by atoms with van der Waals surface area (Å²) in [6.45, 7) is 3.87. The Balaban J connectivity index is 2.05. The van der Waals surface area contributed by atoms with Crippen LogP contribution in [0.1, 0.15) is 16.7 Å². The summed E-state index contributed by atoms with van der Waals surface area (Å²) in [4.78, 5) is 10.3. The van der Waals surface area contributed by atoms with Crippen molar-refractivity contribution in [1.82, 2.24) is 14.7 Å². The van der Waals surface area contributed by atoms with Crippen molar-refractivity contribution in [3.63, 3.8) is 0 Å². The van der Waals surface area contributed by atoms with Gasteiger partial charge in [-0.15, -0.1) is 11.3 Å². The Morgan fingerprint density at radius 2 is 1.95 bits per heavy atom. The Morgan fingerprint density at radius 3 is 2.48 bits per heavy atom. The first-order valence-electron chi connectivity index (χ1n) is 6.48. The van der Waals surface area contributed by atoms with Gasteiger partial charge in [-0.05, 0) is 32.4 Å². The lowest BCUT2D eigenvalue weighted by Crippen LogP contribution is -2.34. The second-order valence-corrected chi connectivity index (χ2v) is 7.82. The SMILES string of the molecule is CNc1ncc(S(=O)(=O)NC(C)Cc2ccc(C)s2)cn1. The van der Waals surface area contributed by atoms with Gasteiger partial charge in [0, 0.05) is 22.8 Å². The lowest BCUT2D eigenvalue weighted by atomic mass is 10.2. The van der Waals surface area contributed by atoms with Crippen LogP contribution in [-0.2, 0) is 16.4 Å². The molecule has 1 unspecified atom stereocenters. The van der Waals surface area contributed by atoms with E-state index in [1.54, 1.807) is 18.4 Å². The minimum atomic E-state index is -3.60. The van der Waals surface area contributed by atoms with Crippen molar-refractivity contribution in [1.29, 1.82) is 0 Å². The second-order valence-electron chi connectivity index (χ2n) is 4.73. The fourth-order valence-corrected chi connectivity index (χ4v) is 4.01. The molecule has 0 saturated carbocycles. The Kier molecular flexibility index (Phi) is 4.92. The van der Waals surface area contributed by atoms with Gasteiger partial charge >= 0.3 is 0 Å². The molecule has 0 aromatic carbocycles. The molecule has 21 heavy (non-hydrogen) atoms. The molecule has 0 aliphatic carbocycles. The summed E-state index contributed by atoms with van der Waals surface area (Å²) < 4.78 is 27.1. The largest absolute Gasteiger partial charge is 0.357 e. The second kappa shape index (κ2) is 6.50. The molecule has 2 rings (SSSR count). The number of nitrogens with one attached hydrogen (secondary N) is 2. The standard InChI is InChI=1S/C13H18N4O2S2/c1-9(6-11-5-4-10(2)20-11)17-21(18,19)12-7-15-13(14-3)16-8-12/h4-5,7-9,17H,6H2,1-3H3,(H,14,15,16). The van der Waals surface area contributed by atoms with Crippen molar-refractivity contribution in [2.75, 3.05) is 12.4 Å². The van der Waals surface area contributed by atoms with E-state index in [9.17, 15) is 8.42 Å². The number of rotatable bonds is 6. The number of aromatic nitrogens is 2. The van der Waals surface area contributed by atoms with Crippen LogP contribution in [0, 0.1) is 6.92 Å². The van der Waals surface area contributed by atoms with Gasteiger partial charge in [0.15, 0.2) is 0 Å². The van der Waals surface area contributed by atoms with Crippen molar-refractivity contribution in [2.45, 2.75) is 31.2 Å². The molecule has 8 heteroatoms. The van der Waals surface area contributed by atoms with Gasteiger partial charge in [0.1, 0.15) is 4.90 Å². The van der Waals surface area contributed by atoms with Crippen LogP contribution in [0.15, 0.2) is 29.4 Å². The van der Waals surface area contributed by atoms with Crippen molar-refractivity contribution >= 4 is 27.3 Å². The third-order valence-corrected chi connectivity index (χ3v) is 5.39. The van der Waals surface area contributed by atoms with E-state index in [0.717, 1.165) is 4.88 Å². The van der Waals surface area contributed by atoms with Crippen LogP contribution in [-0.4, -0.2) is 31.5 Å². The quantitative estimate of drug-likeness (QED) is 0.845. The van der Waals surface area contributed by atoms with Crippen LogP contribution < -0.4 is 10.0 Å². The molecule has 0 aliphatic heterocycles. The smallest absolute Gasteiger partial charge is 0.243 e. The molecule has 2 heterocycles. The molecule has 0 amide bonds. The van der Waals surface area contributed by atoms with Gasteiger partial charge in [0.25, 0.3) is 0 Å². The monoisotopic (exact) mass is 326 g/mol.